The average molecular weight is 478 g/mol. The Bertz CT molecular complexity index is 1200. The number of thioether (sulfide) groups is 1. The summed E-state index contributed by atoms with van der Waals surface area (Å²) in [5.74, 6) is -1.34. The predicted octanol–water partition coefficient (Wildman–Crippen LogP) is 5.00. The first-order chi connectivity index (χ1) is 16.2. The highest BCUT2D eigenvalue weighted by Gasteiger charge is 2.24. The maximum atomic E-state index is 12.8. The van der Waals surface area contributed by atoms with Gasteiger partial charge in [-0.05, 0) is 75.2 Å². The minimum absolute atomic E-state index is 0.193. The lowest BCUT2D eigenvalue weighted by Crippen LogP contribution is -2.30. The van der Waals surface area contributed by atoms with E-state index in [0.29, 0.717) is 16.4 Å². The van der Waals surface area contributed by atoms with Gasteiger partial charge >= 0.3 is 5.97 Å². The summed E-state index contributed by atoms with van der Waals surface area (Å²) >= 11 is 1.15. The molecule has 0 aliphatic carbocycles. The number of esters is 1. The number of carbonyl (C=O) groups excluding carboxylic acids is 3. The SMILES string of the molecule is Cc1cccc(NC(=O)C(C)OC(=O)c2cccnc2SC(C)C(=O)Nc2cccc(C)c2)c1. The standard InChI is InChI=1S/C26H27N3O4S/c1-16-8-5-10-20(14-16)28-23(30)18(3)33-26(32)22-12-7-13-27-25(22)34-19(4)24(31)29-21-11-6-9-17(2)15-21/h5-15,18-19H,1-4H3,(H,28,30)(H,29,31). The summed E-state index contributed by atoms with van der Waals surface area (Å²) in [6.45, 7) is 7.10. The molecule has 7 nitrogen and oxygen atoms in total. The molecule has 8 heteroatoms. The number of nitrogens with zero attached hydrogens (tertiary/aromatic N) is 1. The Labute approximate surface area is 203 Å². The second-order valence-electron chi connectivity index (χ2n) is 7.88. The molecule has 2 aromatic carbocycles. The zero-order valence-corrected chi connectivity index (χ0v) is 20.3. The lowest BCUT2D eigenvalue weighted by atomic mass is 10.2. The number of hydrogen-bond acceptors (Lipinski definition) is 6. The van der Waals surface area contributed by atoms with Crippen LogP contribution in [-0.4, -0.2) is 34.1 Å². The van der Waals surface area contributed by atoms with Gasteiger partial charge in [0.2, 0.25) is 5.91 Å². The van der Waals surface area contributed by atoms with Crippen LogP contribution in [0.25, 0.3) is 0 Å². The monoisotopic (exact) mass is 477 g/mol. The quantitative estimate of drug-likeness (QED) is 0.350. The van der Waals surface area contributed by atoms with E-state index < -0.39 is 23.2 Å². The topological polar surface area (TPSA) is 97.4 Å². The first kappa shape index (κ1) is 25.0. The number of nitrogens with one attached hydrogen (secondary N) is 2. The lowest BCUT2D eigenvalue weighted by Gasteiger charge is -2.16. The van der Waals surface area contributed by atoms with E-state index in [1.165, 1.54) is 13.1 Å². The Balaban J connectivity index is 1.63. The highest BCUT2D eigenvalue weighted by molar-refractivity contribution is 8.00. The van der Waals surface area contributed by atoms with Gasteiger partial charge in [-0.15, -0.1) is 0 Å². The van der Waals surface area contributed by atoms with E-state index in [1.807, 2.05) is 56.3 Å². The van der Waals surface area contributed by atoms with Crippen LogP contribution in [0.3, 0.4) is 0 Å². The molecular weight excluding hydrogens is 450 g/mol. The van der Waals surface area contributed by atoms with Crippen LogP contribution >= 0.6 is 11.8 Å². The Morgan fingerprint density at radius 1 is 0.853 bits per heavy atom. The summed E-state index contributed by atoms with van der Waals surface area (Å²) in [7, 11) is 0. The fraction of sp³-hybridized carbons (Fsp3) is 0.231. The Hall–Kier alpha value is -3.65. The molecule has 3 rings (SSSR count). The van der Waals surface area contributed by atoms with Crippen LogP contribution in [0.4, 0.5) is 11.4 Å². The van der Waals surface area contributed by atoms with Crippen molar-refractivity contribution in [3.63, 3.8) is 0 Å². The van der Waals surface area contributed by atoms with Gasteiger partial charge in [-0.3, -0.25) is 9.59 Å². The molecule has 3 aromatic rings. The molecule has 0 saturated carbocycles. The van der Waals surface area contributed by atoms with Gasteiger partial charge in [0.25, 0.3) is 5.91 Å². The lowest BCUT2D eigenvalue weighted by molar-refractivity contribution is -0.123. The van der Waals surface area contributed by atoms with E-state index in [0.717, 1.165) is 22.9 Å². The first-order valence-electron chi connectivity index (χ1n) is 10.8. The van der Waals surface area contributed by atoms with Crippen molar-refractivity contribution in [1.82, 2.24) is 4.98 Å². The fourth-order valence-electron chi connectivity index (χ4n) is 3.07. The maximum Gasteiger partial charge on any atom is 0.341 e. The molecule has 1 heterocycles. The number of anilines is 2. The third kappa shape index (κ3) is 6.92. The number of hydrogen-bond donors (Lipinski definition) is 2. The van der Waals surface area contributed by atoms with Crippen molar-refractivity contribution in [2.45, 2.75) is 44.1 Å². The van der Waals surface area contributed by atoms with Crippen LogP contribution in [0.1, 0.15) is 35.3 Å². The number of aryl methyl sites for hydroxylation is 2. The van der Waals surface area contributed by atoms with Crippen LogP contribution in [0.15, 0.2) is 71.9 Å². The molecule has 0 aliphatic rings. The van der Waals surface area contributed by atoms with E-state index in [1.54, 1.807) is 25.1 Å². The summed E-state index contributed by atoms with van der Waals surface area (Å²) in [6.07, 6.45) is 0.520. The number of pyridine rings is 1. The largest absolute Gasteiger partial charge is 0.449 e. The molecule has 2 N–H and O–H groups in total. The van der Waals surface area contributed by atoms with Gasteiger partial charge in [-0.1, -0.05) is 36.0 Å². The average Bonchev–Trinajstić information content (AvgIpc) is 2.79. The molecule has 2 amide bonds. The summed E-state index contributed by atoms with van der Waals surface area (Å²) in [5.41, 5.74) is 3.55. The zero-order valence-electron chi connectivity index (χ0n) is 19.5. The second-order valence-corrected chi connectivity index (χ2v) is 9.21. The minimum atomic E-state index is -1.02. The molecular formula is C26H27N3O4S. The third-order valence-corrected chi connectivity index (χ3v) is 5.99. The number of amides is 2. The van der Waals surface area contributed by atoms with Crippen molar-refractivity contribution < 1.29 is 19.1 Å². The van der Waals surface area contributed by atoms with Gasteiger partial charge in [0, 0.05) is 17.6 Å². The van der Waals surface area contributed by atoms with Gasteiger partial charge < -0.3 is 15.4 Å². The first-order valence-corrected chi connectivity index (χ1v) is 11.7. The maximum absolute atomic E-state index is 12.8. The Morgan fingerprint density at radius 2 is 1.44 bits per heavy atom. The molecule has 1 aromatic heterocycles. The molecule has 0 saturated heterocycles. The zero-order chi connectivity index (χ0) is 24.7. The molecule has 0 radical (unpaired) electrons. The van der Waals surface area contributed by atoms with E-state index in [-0.39, 0.29) is 11.5 Å². The van der Waals surface area contributed by atoms with E-state index in [2.05, 4.69) is 15.6 Å². The number of aromatic nitrogens is 1. The molecule has 34 heavy (non-hydrogen) atoms. The van der Waals surface area contributed by atoms with Gasteiger partial charge in [-0.25, -0.2) is 9.78 Å². The van der Waals surface area contributed by atoms with Crippen LogP contribution < -0.4 is 10.6 Å². The van der Waals surface area contributed by atoms with Gasteiger partial charge in [0.05, 0.1) is 10.8 Å². The Morgan fingerprint density at radius 3 is 2.03 bits per heavy atom. The number of benzene rings is 2. The molecule has 2 unspecified atom stereocenters. The van der Waals surface area contributed by atoms with Gasteiger partial charge in [-0.2, -0.15) is 0 Å². The van der Waals surface area contributed by atoms with E-state index >= 15 is 0 Å². The highest BCUT2D eigenvalue weighted by atomic mass is 32.2. The molecule has 176 valence electrons. The molecule has 0 aliphatic heterocycles. The summed E-state index contributed by atoms with van der Waals surface area (Å²) in [5, 5.41) is 5.44. The van der Waals surface area contributed by atoms with Crippen molar-refractivity contribution in [2.24, 2.45) is 0 Å². The summed E-state index contributed by atoms with van der Waals surface area (Å²) in [4.78, 5) is 42.2. The normalized spacial score (nSPS) is 12.4. The summed E-state index contributed by atoms with van der Waals surface area (Å²) in [6, 6.07) is 18.0. The van der Waals surface area contributed by atoms with Crippen LogP contribution in [0.5, 0.6) is 0 Å². The molecule has 2 atom stereocenters. The van der Waals surface area contributed by atoms with Crippen molar-refractivity contribution in [3.05, 3.63) is 83.6 Å². The second kappa shape index (κ2) is 11.5. The van der Waals surface area contributed by atoms with Crippen molar-refractivity contribution >= 4 is 40.9 Å². The van der Waals surface area contributed by atoms with E-state index in [4.69, 9.17) is 4.74 Å². The molecule has 0 bridgehead atoms. The number of carbonyl (C=O) groups is 3. The third-order valence-electron chi connectivity index (χ3n) is 4.87. The van der Waals surface area contributed by atoms with Crippen LogP contribution in [0, 0.1) is 13.8 Å². The minimum Gasteiger partial charge on any atom is -0.449 e. The number of ether oxygens (including phenoxy) is 1. The number of rotatable bonds is 8. The van der Waals surface area contributed by atoms with E-state index in [9.17, 15) is 14.4 Å². The van der Waals surface area contributed by atoms with Crippen molar-refractivity contribution in [3.8, 4) is 0 Å². The summed E-state index contributed by atoms with van der Waals surface area (Å²) < 4.78 is 5.39. The fourth-order valence-corrected chi connectivity index (χ4v) is 3.97. The molecule has 0 spiro atoms. The van der Waals surface area contributed by atoms with Crippen LogP contribution in [-0.2, 0) is 14.3 Å². The van der Waals surface area contributed by atoms with Gasteiger partial charge in [0.15, 0.2) is 6.10 Å². The van der Waals surface area contributed by atoms with Crippen LogP contribution in [0.2, 0.25) is 0 Å². The Kier molecular flexibility index (Phi) is 8.43. The van der Waals surface area contributed by atoms with Crippen molar-refractivity contribution in [2.75, 3.05) is 10.6 Å². The smallest absolute Gasteiger partial charge is 0.341 e. The predicted molar refractivity (Wildman–Crippen MR) is 134 cm³/mol. The molecule has 0 fully saturated rings. The van der Waals surface area contributed by atoms with Crippen molar-refractivity contribution in [1.29, 1.82) is 0 Å². The van der Waals surface area contributed by atoms with Gasteiger partial charge in [0.1, 0.15) is 5.03 Å². The highest BCUT2D eigenvalue weighted by Crippen LogP contribution is 2.26.